The molecule has 6 heteroatoms. The maximum atomic E-state index is 11.1. The molecule has 1 aromatic carbocycles. The fraction of sp³-hybridized carbons (Fsp3) is 0.462. The summed E-state index contributed by atoms with van der Waals surface area (Å²) in [6.45, 7) is 2.81. The van der Waals surface area contributed by atoms with E-state index in [9.17, 15) is 4.79 Å². The summed E-state index contributed by atoms with van der Waals surface area (Å²) in [5.74, 6) is -0.984. The highest BCUT2D eigenvalue weighted by molar-refractivity contribution is 6.00. The summed E-state index contributed by atoms with van der Waals surface area (Å²) in [6, 6.07) is 5.15. The van der Waals surface area contributed by atoms with Crippen LogP contribution in [0.4, 0.5) is 0 Å². The lowest BCUT2D eigenvalue weighted by Gasteiger charge is -2.19. The van der Waals surface area contributed by atoms with Crippen LogP contribution in [0.25, 0.3) is 11.0 Å². The van der Waals surface area contributed by atoms with E-state index >= 15 is 0 Å². The third kappa shape index (κ3) is 1.98. The fourth-order valence-electron chi connectivity index (χ4n) is 2.58. The molecule has 100 valence electrons. The molecule has 2 unspecified atom stereocenters. The number of nitrogens with zero attached hydrogens (tertiary/aromatic N) is 3. The predicted molar refractivity (Wildman–Crippen MR) is 68.2 cm³/mol. The van der Waals surface area contributed by atoms with Crippen molar-refractivity contribution in [3.05, 3.63) is 23.8 Å². The van der Waals surface area contributed by atoms with Gasteiger partial charge < -0.3 is 9.84 Å². The Morgan fingerprint density at radius 3 is 3.11 bits per heavy atom. The molecule has 0 aliphatic carbocycles. The average molecular weight is 261 g/mol. The van der Waals surface area contributed by atoms with Crippen molar-refractivity contribution in [1.82, 2.24) is 15.0 Å². The fourth-order valence-corrected chi connectivity index (χ4v) is 2.58. The van der Waals surface area contributed by atoms with Crippen molar-refractivity contribution in [1.29, 1.82) is 0 Å². The third-order valence-electron chi connectivity index (χ3n) is 3.62. The number of hydrogen-bond donors (Lipinski definition) is 1. The van der Waals surface area contributed by atoms with Crippen molar-refractivity contribution in [3.63, 3.8) is 0 Å². The zero-order valence-electron chi connectivity index (χ0n) is 10.6. The van der Waals surface area contributed by atoms with Crippen molar-refractivity contribution in [2.24, 2.45) is 0 Å². The number of hydrogen-bond acceptors (Lipinski definition) is 4. The predicted octanol–water partition coefficient (Wildman–Crippen LogP) is 1.87. The van der Waals surface area contributed by atoms with Crippen LogP contribution in [-0.2, 0) is 4.74 Å². The number of fused-ring (bicyclic) bond motifs is 1. The first-order chi connectivity index (χ1) is 9.18. The number of benzene rings is 1. The third-order valence-corrected chi connectivity index (χ3v) is 3.62. The lowest BCUT2D eigenvalue weighted by molar-refractivity contribution is 0.0697. The van der Waals surface area contributed by atoms with Gasteiger partial charge in [0, 0.05) is 6.61 Å². The van der Waals surface area contributed by atoms with E-state index in [1.807, 2.05) is 13.0 Å². The summed E-state index contributed by atoms with van der Waals surface area (Å²) < 4.78 is 7.42. The summed E-state index contributed by atoms with van der Waals surface area (Å²) >= 11 is 0. The van der Waals surface area contributed by atoms with Crippen LogP contribution in [0.15, 0.2) is 18.2 Å². The van der Waals surface area contributed by atoms with Crippen molar-refractivity contribution < 1.29 is 14.6 Å². The van der Waals surface area contributed by atoms with Crippen LogP contribution >= 0.6 is 0 Å². The highest BCUT2D eigenvalue weighted by Gasteiger charge is 2.26. The van der Waals surface area contributed by atoms with Gasteiger partial charge >= 0.3 is 5.97 Å². The maximum absolute atomic E-state index is 11.1. The van der Waals surface area contributed by atoms with Gasteiger partial charge in [0.25, 0.3) is 0 Å². The molecule has 1 aliphatic heterocycles. The molecular formula is C13H15N3O3. The van der Waals surface area contributed by atoms with Crippen LogP contribution in [-0.4, -0.2) is 38.8 Å². The van der Waals surface area contributed by atoms with E-state index in [1.54, 1.807) is 16.8 Å². The Balaban J connectivity index is 2.05. The molecule has 1 saturated heterocycles. The molecule has 1 aromatic heterocycles. The summed E-state index contributed by atoms with van der Waals surface area (Å²) in [5, 5.41) is 17.3. The second-order valence-corrected chi connectivity index (χ2v) is 4.80. The van der Waals surface area contributed by atoms with Crippen LogP contribution in [0.2, 0.25) is 0 Å². The molecule has 2 atom stereocenters. The summed E-state index contributed by atoms with van der Waals surface area (Å²) in [6.07, 6.45) is 2.18. The van der Waals surface area contributed by atoms with Gasteiger partial charge in [-0.15, -0.1) is 5.10 Å². The molecule has 0 bridgehead atoms. The first-order valence-electron chi connectivity index (χ1n) is 6.37. The Labute approximate surface area is 110 Å². The second-order valence-electron chi connectivity index (χ2n) is 4.80. The van der Waals surface area contributed by atoms with Gasteiger partial charge in [-0.2, -0.15) is 0 Å². The molecule has 0 amide bonds. The van der Waals surface area contributed by atoms with Crippen molar-refractivity contribution in [2.45, 2.75) is 31.9 Å². The van der Waals surface area contributed by atoms with Gasteiger partial charge in [0.1, 0.15) is 5.52 Å². The number of aromatic nitrogens is 3. The minimum Gasteiger partial charge on any atom is -0.478 e. The van der Waals surface area contributed by atoms with Gasteiger partial charge in [-0.05, 0) is 31.9 Å². The Kier molecular flexibility index (Phi) is 2.94. The molecule has 1 fully saturated rings. The van der Waals surface area contributed by atoms with Crippen molar-refractivity contribution in [3.8, 4) is 0 Å². The summed E-state index contributed by atoms with van der Waals surface area (Å²) in [4.78, 5) is 11.1. The van der Waals surface area contributed by atoms with Gasteiger partial charge in [-0.3, -0.25) is 0 Å². The Morgan fingerprint density at radius 1 is 1.58 bits per heavy atom. The highest BCUT2D eigenvalue weighted by atomic mass is 16.5. The van der Waals surface area contributed by atoms with Crippen LogP contribution in [0.3, 0.4) is 0 Å². The molecule has 19 heavy (non-hydrogen) atoms. The zero-order valence-corrected chi connectivity index (χ0v) is 10.6. The SMILES string of the molecule is CC(C1CCCO1)n1nnc2c(C(=O)O)cccc21. The van der Waals surface area contributed by atoms with E-state index in [-0.39, 0.29) is 17.7 Å². The van der Waals surface area contributed by atoms with E-state index in [0.717, 1.165) is 25.0 Å². The van der Waals surface area contributed by atoms with Gasteiger partial charge in [-0.1, -0.05) is 11.3 Å². The number of carboxylic acids is 1. The largest absolute Gasteiger partial charge is 0.478 e. The van der Waals surface area contributed by atoms with Crippen LogP contribution in [0.5, 0.6) is 0 Å². The topological polar surface area (TPSA) is 77.2 Å². The van der Waals surface area contributed by atoms with E-state index < -0.39 is 5.97 Å². The molecule has 0 spiro atoms. The number of aromatic carboxylic acids is 1. The molecular weight excluding hydrogens is 246 g/mol. The molecule has 3 rings (SSSR count). The molecule has 2 aromatic rings. The van der Waals surface area contributed by atoms with E-state index in [0.29, 0.717) is 5.52 Å². The standard InChI is InChI=1S/C13H15N3O3/c1-8(11-6-3-7-19-11)16-10-5-2-4-9(13(17)18)12(10)14-15-16/h2,4-5,8,11H,3,6-7H2,1H3,(H,17,18). The maximum Gasteiger partial charge on any atom is 0.338 e. The smallest absolute Gasteiger partial charge is 0.338 e. The average Bonchev–Trinajstić information content (AvgIpc) is 3.06. The lowest BCUT2D eigenvalue weighted by atomic mass is 10.1. The minimum atomic E-state index is -0.984. The Hall–Kier alpha value is -1.95. The van der Waals surface area contributed by atoms with Crippen molar-refractivity contribution in [2.75, 3.05) is 6.61 Å². The second kappa shape index (κ2) is 4.62. The summed E-state index contributed by atoms with van der Waals surface area (Å²) in [5.41, 5.74) is 1.35. The molecule has 6 nitrogen and oxygen atoms in total. The Morgan fingerprint density at radius 2 is 2.42 bits per heavy atom. The number of carboxylic acid groups (broad SMARTS) is 1. The Bertz CT molecular complexity index is 617. The number of rotatable bonds is 3. The van der Waals surface area contributed by atoms with Crippen LogP contribution in [0, 0.1) is 0 Å². The van der Waals surface area contributed by atoms with Crippen LogP contribution in [0.1, 0.15) is 36.2 Å². The normalized spacial score (nSPS) is 20.8. The molecule has 1 aliphatic rings. The molecule has 2 heterocycles. The summed E-state index contributed by atoms with van der Waals surface area (Å²) in [7, 11) is 0. The lowest BCUT2D eigenvalue weighted by Crippen LogP contribution is -2.21. The van der Waals surface area contributed by atoms with Crippen LogP contribution < -0.4 is 0 Å². The quantitative estimate of drug-likeness (QED) is 0.912. The number of ether oxygens (including phenoxy) is 1. The first kappa shape index (κ1) is 12.1. The molecule has 0 saturated carbocycles. The molecule has 0 radical (unpaired) electrons. The van der Waals surface area contributed by atoms with E-state index in [2.05, 4.69) is 10.3 Å². The van der Waals surface area contributed by atoms with E-state index in [1.165, 1.54) is 0 Å². The first-order valence-corrected chi connectivity index (χ1v) is 6.37. The van der Waals surface area contributed by atoms with Gasteiger partial charge in [0.2, 0.25) is 0 Å². The van der Waals surface area contributed by atoms with E-state index in [4.69, 9.17) is 9.84 Å². The van der Waals surface area contributed by atoms with Crippen molar-refractivity contribution >= 4 is 17.0 Å². The highest BCUT2D eigenvalue weighted by Crippen LogP contribution is 2.27. The molecule has 1 N–H and O–H groups in total. The monoisotopic (exact) mass is 261 g/mol. The van der Waals surface area contributed by atoms with Gasteiger partial charge in [0.05, 0.1) is 23.2 Å². The number of carbonyl (C=O) groups is 1. The van der Waals surface area contributed by atoms with Gasteiger partial charge in [-0.25, -0.2) is 9.48 Å². The zero-order chi connectivity index (χ0) is 13.4. The van der Waals surface area contributed by atoms with Gasteiger partial charge in [0.15, 0.2) is 0 Å². The minimum absolute atomic E-state index is 0.0524.